The molecule has 2 heterocycles. The van der Waals surface area contributed by atoms with Crippen LogP contribution in [0.3, 0.4) is 0 Å². The van der Waals surface area contributed by atoms with E-state index in [1.165, 1.54) is 179 Å². The molecule has 0 fully saturated rings. The molecule has 0 aromatic rings. The van der Waals surface area contributed by atoms with Gasteiger partial charge in [0, 0.05) is 31.3 Å². The molecule has 4 heteroatoms. The normalized spacial score (nSPS) is 18.4. The average molecular weight is 625 g/mol. The number of hydrogen-bond acceptors (Lipinski definition) is 4. The summed E-state index contributed by atoms with van der Waals surface area (Å²) in [7, 11) is 0. The molecule has 45 heavy (non-hydrogen) atoms. The van der Waals surface area contributed by atoms with Gasteiger partial charge in [0.2, 0.25) is 0 Å². The van der Waals surface area contributed by atoms with Crippen LogP contribution in [0.2, 0.25) is 0 Å². The summed E-state index contributed by atoms with van der Waals surface area (Å²) < 4.78 is 0. The summed E-state index contributed by atoms with van der Waals surface area (Å²) in [5.41, 5.74) is 0.179. The van der Waals surface area contributed by atoms with Gasteiger partial charge in [0.1, 0.15) is 0 Å². The van der Waals surface area contributed by atoms with Crippen LogP contribution in [0.4, 0.5) is 0 Å². The number of hydrogen-bond donors (Lipinski definition) is 2. The molecule has 0 unspecified atom stereocenters. The second-order valence-electron chi connectivity index (χ2n) is 14.4. The molecule has 1 spiro atoms. The molecule has 0 aromatic heterocycles. The van der Waals surface area contributed by atoms with Crippen molar-refractivity contribution in [3.05, 3.63) is 24.3 Å². The van der Waals surface area contributed by atoms with Crippen LogP contribution in [0, 0.1) is 5.41 Å². The molecule has 0 bridgehead atoms. The first-order valence-corrected chi connectivity index (χ1v) is 20.1. The Bertz CT molecular complexity index is 729. The van der Waals surface area contributed by atoms with Gasteiger partial charge in [0.05, 0.1) is 24.8 Å². The van der Waals surface area contributed by atoms with Gasteiger partial charge in [-0.15, -0.1) is 0 Å². The van der Waals surface area contributed by atoms with Gasteiger partial charge in [-0.25, -0.2) is 0 Å². The molecule has 0 saturated carbocycles. The molecule has 0 aliphatic carbocycles. The number of aliphatic imine (C=N–C) groups is 2. The topological polar surface area (TPSA) is 48.8 Å². The molecule has 2 aliphatic heterocycles. The molecule has 260 valence electrons. The second kappa shape index (κ2) is 28.6. The van der Waals surface area contributed by atoms with Gasteiger partial charge < -0.3 is 10.6 Å². The molecule has 2 N–H and O–H groups in total. The standard InChI is InChI=1S/C41H76N4/c1-3-5-7-9-11-13-15-17-19-21-23-25-27-29-31-33-39-42-35-41(36-43-39)37-44-40(45-38-41)34-32-30-28-26-24-22-20-18-16-14-12-10-8-6-4-2/h17-20H,3-16,21-38H2,1-2H3,(H,42,43)(H,44,45). The zero-order valence-electron chi connectivity index (χ0n) is 30.3. The van der Waals surface area contributed by atoms with Crippen molar-refractivity contribution < 1.29 is 0 Å². The fraction of sp³-hybridized carbons (Fsp3) is 0.854. The maximum atomic E-state index is 4.96. The maximum absolute atomic E-state index is 4.96. The number of allylic oxidation sites excluding steroid dienone is 4. The SMILES string of the molecule is CCCCCCCCC=CCCCCCCCC1=NCC2(CN=C(CCCCCCCC=CCCCCCCCC)NC2)CN1. The van der Waals surface area contributed by atoms with Crippen LogP contribution in [0.1, 0.15) is 194 Å². The number of amidine groups is 2. The van der Waals surface area contributed by atoms with Crippen LogP contribution < -0.4 is 10.6 Å². The third-order valence-corrected chi connectivity index (χ3v) is 9.90. The highest BCUT2D eigenvalue weighted by atomic mass is 15.1. The summed E-state index contributed by atoms with van der Waals surface area (Å²) in [5.74, 6) is 2.47. The zero-order valence-corrected chi connectivity index (χ0v) is 30.3. The molecule has 0 aromatic carbocycles. The van der Waals surface area contributed by atoms with Crippen molar-refractivity contribution in [2.75, 3.05) is 26.2 Å². The largest absolute Gasteiger partial charge is 0.373 e. The maximum Gasteiger partial charge on any atom is 0.0963 e. The van der Waals surface area contributed by atoms with Gasteiger partial charge in [-0.2, -0.15) is 0 Å². The Kier molecular flexibility index (Phi) is 25.2. The number of nitrogens with one attached hydrogen (secondary N) is 2. The van der Waals surface area contributed by atoms with E-state index in [0.29, 0.717) is 0 Å². The third-order valence-electron chi connectivity index (χ3n) is 9.90. The highest BCUT2D eigenvalue weighted by Gasteiger charge is 2.35. The Labute approximate surface area is 281 Å². The molecular formula is C41H76N4. The molecule has 0 saturated heterocycles. The lowest BCUT2D eigenvalue weighted by Gasteiger charge is -2.38. The first kappa shape index (κ1) is 39.6. The smallest absolute Gasteiger partial charge is 0.0963 e. The first-order chi connectivity index (χ1) is 22.3. The van der Waals surface area contributed by atoms with Crippen molar-refractivity contribution >= 4 is 11.7 Å². The van der Waals surface area contributed by atoms with Crippen molar-refractivity contribution in [3.63, 3.8) is 0 Å². The molecule has 4 nitrogen and oxygen atoms in total. The fourth-order valence-electron chi connectivity index (χ4n) is 6.61. The molecular weight excluding hydrogens is 548 g/mol. The molecule has 0 amide bonds. The Balaban J connectivity index is 1.38. The van der Waals surface area contributed by atoms with Crippen LogP contribution in [0.5, 0.6) is 0 Å². The van der Waals surface area contributed by atoms with E-state index in [-0.39, 0.29) is 5.41 Å². The predicted molar refractivity (Wildman–Crippen MR) is 202 cm³/mol. The minimum Gasteiger partial charge on any atom is -0.373 e. The number of rotatable bonds is 30. The highest BCUT2D eigenvalue weighted by molar-refractivity contribution is 5.84. The van der Waals surface area contributed by atoms with E-state index >= 15 is 0 Å². The van der Waals surface area contributed by atoms with E-state index in [1.54, 1.807) is 0 Å². The Morgan fingerprint density at radius 1 is 0.444 bits per heavy atom. The summed E-state index contributed by atoms with van der Waals surface area (Å²) in [5, 5.41) is 7.34. The lowest BCUT2D eigenvalue weighted by Crippen LogP contribution is -2.54. The van der Waals surface area contributed by atoms with E-state index < -0.39 is 0 Å². The minimum atomic E-state index is 0.179. The van der Waals surface area contributed by atoms with Crippen LogP contribution in [0.15, 0.2) is 34.3 Å². The van der Waals surface area contributed by atoms with E-state index in [9.17, 15) is 0 Å². The lowest BCUT2D eigenvalue weighted by atomic mass is 9.85. The first-order valence-electron chi connectivity index (χ1n) is 20.1. The second-order valence-corrected chi connectivity index (χ2v) is 14.4. The van der Waals surface area contributed by atoms with E-state index in [2.05, 4.69) is 48.8 Å². The van der Waals surface area contributed by atoms with Crippen molar-refractivity contribution in [2.45, 2.75) is 194 Å². The van der Waals surface area contributed by atoms with Crippen LogP contribution >= 0.6 is 0 Å². The van der Waals surface area contributed by atoms with Crippen molar-refractivity contribution in [2.24, 2.45) is 15.4 Å². The molecule has 0 atom stereocenters. The Hall–Kier alpha value is -1.58. The van der Waals surface area contributed by atoms with Gasteiger partial charge in [0.15, 0.2) is 0 Å². The third kappa shape index (κ3) is 21.8. The summed E-state index contributed by atoms with van der Waals surface area (Å²) >= 11 is 0. The van der Waals surface area contributed by atoms with E-state index in [1.807, 2.05) is 0 Å². The minimum absolute atomic E-state index is 0.179. The van der Waals surface area contributed by atoms with Crippen LogP contribution in [-0.2, 0) is 0 Å². The zero-order chi connectivity index (χ0) is 31.9. The Morgan fingerprint density at radius 2 is 0.756 bits per heavy atom. The highest BCUT2D eigenvalue weighted by Crippen LogP contribution is 2.24. The summed E-state index contributed by atoms with van der Waals surface area (Å²) in [6.45, 7) is 8.48. The number of nitrogens with zero attached hydrogens (tertiary/aromatic N) is 2. The monoisotopic (exact) mass is 625 g/mol. The van der Waals surface area contributed by atoms with Gasteiger partial charge in [0.25, 0.3) is 0 Å². The van der Waals surface area contributed by atoms with Gasteiger partial charge in [-0.1, -0.05) is 141 Å². The van der Waals surface area contributed by atoms with Crippen molar-refractivity contribution in [3.8, 4) is 0 Å². The van der Waals surface area contributed by atoms with Crippen LogP contribution in [0.25, 0.3) is 0 Å². The number of unbranched alkanes of at least 4 members (excludes halogenated alkanes) is 22. The fourth-order valence-corrected chi connectivity index (χ4v) is 6.61. The summed E-state index contributed by atoms with van der Waals surface area (Å²) in [6.07, 6.45) is 47.2. The molecule has 2 aliphatic rings. The van der Waals surface area contributed by atoms with Crippen molar-refractivity contribution in [1.29, 1.82) is 0 Å². The molecule has 0 radical (unpaired) electrons. The lowest BCUT2D eigenvalue weighted by molar-refractivity contribution is 0.284. The van der Waals surface area contributed by atoms with E-state index in [0.717, 1.165) is 39.0 Å². The molecule has 2 rings (SSSR count). The summed E-state index contributed by atoms with van der Waals surface area (Å²) in [6, 6.07) is 0. The van der Waals surface area contributed by atoms with E-state index in [4.69, 9.17) is 9.98 Å². The van der Waals surface area contributed by atoms with Gasteiger partial charge in [-0.05, 0) is 64.2 Å². The van der Waals surface area contributed by atoms with Gasteiger partial charge >= 0.3 is 0 Å². The van der Waals surface area contributed by atoms with Gasteiger partial charge in [-0.3, -0.25) is 9.98 Å². The predicted octanol–water partition coefficient (Wildman–Crippen LogP) is 12.1. The van der Waals surface area contributed by atoms with Crippen LogP contribution in [-0.4, -0.2) is 37.9 Å². The Morgan fingerprint density at radius 3 is 1.07 bits per heavy atom. The van der Waals surface area contributed by atoms with Crippen molar-refractivity contribution in [1.82, 2.24) is 10.6 Å². The summed E-state index contributed by atoms with van der Waals surface area (Å²) in [4.78, 5) is 9.92. The quantitative estimate of drug-likeness (QED) is 0.0617. The average Bonchev–Trinajstić information content (AvgIpc) is 3.06.